The average molecular weight is 469 g/mol. The second kappa shape index (κ2) is 8.29. The van der Waals surface area contributed by atoms with E-state index in [1.165, 1.54) is 10.4 Å². The monoisotopic (exact) mass is 468 g/mol. The molecule has 2 aliphatic rings. The number of anilines is 1. The van der Waals surface area contributed by atoms with E-state index in [1.807, 2.05) is 48.5 Å². The molecule has 0 spiro atoms. The maximum absolute atomic E-state index is 12.9. The van der Waals surface area contributed by atoms with E-state index < -0.39 is 5.97 Å². The van der Waals surface area contributed by atoms with Crippen LogP contribution in [0, 0.1) is 5.92 Å². The van der Waals surface area contributed by atoms with E-state index in [0.717, 1.165) is 46.2 Å². The van der Waals surface area contributed by atoms with Crippen molar-refractivity contribution in [1.29, 1.82) is 0 Å². The second-order valence-electron chi connectivity index (χ2n) is 9.09. The Morgan fingerprint density at radius 3 is 2.65 bits per heavy atom. The summed E-state index contributed by atoms with van der Waals surface area (Å²) in [6.45, 7) is 2.27. The molecule has 0 radical (unpaired) electrons. The Hall–Kier alpha value is -3.64. The number of amides is 1. The number of carbonyl (C=O) groups is 2. The van der Waals surface area contributed by atoms with E-state index in [1.54, 1.807) is 29.5 Å². The minimum absolute atomic E-state index is 0.0164. The molecule has 1 aliphatic carbocycles. The van der Waals surface area contributed by atoms with Crippen molar-refractivity contribution in [3.8, 4) is 5.75 Å². The standard InChI is InChI=1S/C28H24N2O3S/c1-16-9-14-22-23(15-16)34-27-24(22)26(31)29-25(30-27)18-10-12-19(13-11-18)33-28(32)21-8-4-6-17-5-2-3-7-20(17)21/h2-8,10-13,16,25,30H,9,14-15H2,1H3,(H,29,31). The van der Waals surface area contributed by atoms with Crippen LogP contribution in [0.4, 0.5) is 5.00 Å². The van der Waals surface area contributed by atoms with Gasteiger partial charge >= 0.3 is 5.97 Å². The molecule has 34 heavy (non-hydrogen) atoms. The first kappa shape index (κ1) is 20.9. The maximum Gasteiger partial charge on any atom is 0.344 e. The van der Waals surface area contributed by atoms with Crippen LogP contribution in [-0.2, 0) is 12.8 Å². The Labute approximate surface area is 201 Å². The Bertz CT molecular complexity index is 1420. The SMILES string of the molecule is CC1CCc2c(sc3c2C(=O)NC(c2ccc(OC(=O)c4cccc5ccccc45)cc2)N3)C1. The van der Waals surface area contributed by atoms with Crippen LogP contribution < -0.4 is 15.4 Å². The largest absolute Gasteiger partial charge is 0.423 e. The van der Waals surface area contributed by atoms with Crippen LogP contribution in [0.2, 0.25) is 0 Å². The highest BCUT2D eigenvalue weighted by Crippen LogP contribution is 2.42. The van der Waals surface area contributed by atoms with Crippen molar-refractivity contribution in [3.63, 3.8) is 0 Å². The van der Waals surface area contributed by atoms with Gasteiger partial charge < -0.3 is 15.4 Å². The van der Waals surface area contributed by atoms with Crippen molar-refractivity contribution in [3.05, 3.63) is 93.9 Å². The van der Waals surface area contributed by atoms with Gasteiger partial charge in [0.2, 0.25) is 0 Å². The summed E-state index contributed by atoms with van der Waals surface area (Å²) in [5.74, 6) is 0.717. The Morgan fingerprint density at radius 1 is 1.00 bits per heavy atom. The molecule has 6 heteroatoms. The maximum atomic E-state index is 12.9. The van der Waals surface area contributed by atoms with Crippen molar-refractivity contribution in [2.75, 3.05) is 5.32 Å². The lowest BCUT2D eigenvalue weighted by atomic mass is 9.88. The molecule has 2 N–H and O–H groups in total. The minimum atomic E-state index is -0.392. The molecule has 5 nitrogen and oxygen atoms in total. The third-order valence-electron chi connectivity index (χ3n) is 6.72. The van der Waals surface area contributed by atoms with Crippen LogP contribution in [-0.4, -0.2) is 11.9 Å². The number of fused-ring (bicyclic) bond motifs is 4. The first-order valence-electron chi connectivity index (χ1n) is 11.6. The van der Waals surface area contributed by atoms with Crippen molar-refractivity contribution >= 4 is 39.0 Å². The van der Waals surface area contributed by atoms with E-state index in [0.29, 0.717) is 17.2 Å². The van der Waals surface area contributed by atoms with Crippen LogP contribution in [0.25, 0.3) is 10.8 Å². The molecule has 0 saturated heterocycles. The normalized spacial score (nSPS) is 19.0. The van der Waals surface area contributed by atoms with Gasteiger partial charge in [0.25, 0.3) is 5.91 Å². The van der Waals surface area contributed by atoms with Crippen molar-refractivity contribution in [2.24, 2.45) is 5.92 Å². The number of nitrogens with one attached hydrogen (secondary N) is 2. The number of benzene rings is 3. The lowest BCUT2D eigenvalue weighted by Gasteiger charge is -2.27. The minimum Gasteiger partial charge on any atom is -0.423 e. The van der Waals surface area contributed by atoms with Gasteiger partial charge in [0.1, 0.15) is 16.9 Å². The number of hydrogen-bond acceptors (Lipinski definition) is 5. The predicted octanol–water partition coefficient (Wildman–Crippen LogP) is 6.10. The molecule has 1 aromatic heterocycles. The third kappa shape index (κ3) is 3.64. The highest BCUT2D eigenvalue weighted by Gasteiger charge is 2.33. The molecule has 2 atom stereocenters. The summed E-state index contributed by atoms with van der Waals surface area (Å²) in [6, 6.07) is 20.7. The van der Waals surface area contributed by atoms with Gasteiger partial charge in [-0.15, -0.1) is 11.3 Å². The molecule has 2 unspecified atom stereocenters. The fraction of sp³-hybridized carbons (Fsp3) is 0.214. The van der Waals surface area contributed by atoms with Gasteiger partial charge in [-0.05, 0) is 65.3 Å². The van der Waals surface area contributed by atoms with E-state index in [4.69, 9.17) is 4.74 Å². The van der Waals surface area contributed by atoms with Crippen molar-refractivity contribution in [1.82, 2.24) is 5.32 Å². The summed E-state index contributed by atoms with van der Waals surface area (Å²) in [5, 5.41) is 9.41. The van der Waals surface area contributed by atoms with Crippen molar-refractivity contribution < 1.29 is 14.3 Å². The van der Waals surface area contributed by atoms with Gasteiger partial charge in [-0.3, -0.25) is 4.79 Å². The molecule has 3 aromatic carbocycles. The Balaban J connectivity index is 1.20. The Morgan fingerprint density at radius 2 is 1.79 bits per heavy atom. The first-order valence-corrected chi connectivity index (χ1v) is 12.4. The van der Waals surface area contributed by atoms with Crippen LogP contribution in [0.3, 0.4) is 0 Å². The van der Waals surface area contributed by atoms with Crippen molar-refractivity contribution in [2.45, 2.75) is 32.4 Å². The highest BCUT2D eigenvalue weighted by atomic mass is 32.1. The smallest absolute Gasteiger partial charge is 0.344 e. The average Bonchev–Trinajstić information content (AvgIpc) is 3.22. The van der Waals surface area contributed by atoms with Crippen LogP contribution in [0.1, 0.15) is 56.2 Å². The molecule has 1 amide bonds. The van der Waals surface area contributed by atoms with Gasteiger partial charge in [-0.1, -0.05) is 55.5 Å². The molecule has 6 rings (SSSR count). The zero-order chi connectivity index (χ0) is 23.2. The molecule has 0 fully saturated rings. The number of hydrogen-bond donors (Lipinski definition) is 2. The summed E-state index contributed by atoms with van der Waals surface area (Å²) < 4.78 is 5.65. The molecule has 4 aromatic rings. The summed E-state index contributed by atoms with van der Waals surface area (Å²) in [6.07, 6.45) is 2.83. The quantitative estimate of drug-likeness (QED) is 0.282. The van der Waals surface area contributed by atoms with E-state index in [2.05, 4.69) is 17.6 Å². The molecular weight excluding hydrogens is 444 g/mol. The number of thiophene rings is 1. The summed E-state index contributed by atoms with van der Waals surface area (Å²) in [5.41, 5.74) is 3.48. The molecule has 0 bridgehead atoms. The highest BCUT2D eigenvalue weighted by molar-refractivity contribution is 7.16. The van der Waals surface area contributed by atoms with Gasteiger partial charge in [0.05, 0.1) is 11.1 Å². The van der Waals surface area contributed by atoms with Crippen LogP contribution in [0.15, 0.2) is 66.7 Å². The molecule has 1 aliphatic heterocycles. The Kier molecular flexibility index (Phi) is 5.11. The molecule has 0 saturated carbocycles. The van der Waals surface area contributed by atoms with Gasteiger partial charge in [-0.2, -0.15) is 0 Å². The number of rotatable bonds is 3. The molecule has 2 heterocycles. The fourth-order valence-electron chi connectivity index (χ4n) is 4.92. The predicted molar refractivity (Wildman–Crippen MR) is 135 cm³/mol. The van der Waals surface area contributed by atoms with E-state index in [9.17, 15) is 9.59 Å². The number of ether oxygens (including phenoxy) is 1. The third-order valence-corrected chi connectivity index (χ3v) is 7.91. The van der Waals surface area contributed by atoms with E-state index in [-0.39, 0.29) is 12.1 Å². The summed E-state index contributed by atoms with van der Waals surface area (Å²) >= 11 is 1.71. The zero-order valence-electron chi connectivity index (χ0n) is 18.8. The fourth-order valence-corrected chi connectivity index (χ4v) is 6.36. The topological polar surface area (TPSA) is 67.4 Å². The molecular formula is C28H24N2O3S. The lowest BCUT2D eigenvalue weighted by molar-refractivity contribution is 0.0736. The van der Waals surface area contributed by atoms with Gasteiger partial charge in [0.15, 0.2) is 0 Å². The summed E-state index contributed by atoms with van der Waals surface area (Å²) in [4.78, 5) is 27.1. The van der Waals surface area contributed by atoms with Crippen LogP contribution >= 0.6 is 11.3 Å². The van der Waals surface area contributed by atoms with Gasteiger partial charge in [-0.25, -0.2) is 4.79 Å². The zero-order valence-corrected chi connectivity index (χ0v) is 19.6. The summed E-state index contributed by atoms with van der Waals surface area (Å²) in [7, 11) is 0. The van der Waals surface area contributed by atoms with Gasteiger partial charge in [0, 0.05) is 4.88 Å². The van der Waals surface area contributed by atoms with Crippen LogP contribution in [0.5, 0.6) is 5.75 Å². The first-order chi connectivity index (χ1) is 16.6. The number of carbonyl (C=O) groups excluding carboxylic acids is 2. The van der Waals surface area contributed by atoms with E-state index >= 15 is 0 Å². The lowest BCUT2D eigenvalue weighted by Crippen LogP contribution is -2.38. The second-order valence-corrected chi connectivity index (χ2v) is 10.2. The molecule has 170 valence electrons. The number of esters is 1.